The molecular weight excluding hydrogens is 383 g/mol. The van der Waals surface area contributed by atoms with E-state index in [0.29, 0.717) is 13.0 Å². The number of hydrogen-bond donors (Lipinski definition) is 3. The molecule has 29 heavy (non-hydrogen) atoms. The normalized spacial score (nSPS) is 12.0. The van der Waals surface area contributed by atoms with E-state index in [-0.39, 0.29) is 6.16 Å². The van der Waals surface area contributed by atoms with Crippen molar-refractivity contribution in [3.63, 3.8) is 0 Å². The molecule has 0 atom stereocenters. The molecule has 4 nitrogen and oxygen atoms in total. The van der Waals surface area contributed by atoms with Crippen LogP contribution in [0.1, 0.15) is 141 Å². The van der Waals surface area contributed by atoms with E-state index in [1.54, 1.807) is 0 Å². The molecule has 0 aliphatic heterocycles. The smallest absolute Gasteiger partial charge is 0.325 e. The monoisotopic (exact) mass is 434 g/mol. The second-order valence-electron chi connectivity index (χ2n) is 8.89. The van der Waals surface area contributed by atoms with E-state index in [9.17, 15) is 4.57 Å². The van der Waals surface area contributed by atoms with Crippen LogP contribution in [0.25, 0.3) is 0 Å². The summed E-state index contributed by atoms with van der Waals surface area (Å²) in [6, 6.07) is 0. The first-order chi connectivity index (χ1) is 14.1. The molecule has 0 saturated carbocycles. The van der Waals surface area contributed by atoms with Gasteiger partial charge in [0.05, 0.1) is 0 Å². The molecule has 0 amide bonds. The number of aliphatic hydroxyl groups is 1. The highest BCUT2D eigenvalue weighted by molar-refractivity contribution is 7.51. The van der Waals surface area contributed by atoms with E-state index in [1.807, 2.05) is 0 Å². The molecule has 0 aromatic carbocycles. The van der Waals surface area contributed by atoms with Gasteiger partial charge >= 0.3 is 7.60 Å². The quantitative estimate of drug-likeness (QED) is 0.107. The van der Waals surface area contributed by atoms with Gasteiger partial charge in [0.1, 0.15) is 0 Å². The molecule has 0 aliphatic rings. The lowest BCUT2D eigenvalue weighted by molar-refractivity contribution is 0.282. The Balaban J connectivity index is 3.02. The number of rotatable bonds is 24. The predicted octanol–water partition coefficient (Wildman–Crippen LogP) is 7.74. The van der Waals surface area contributed by atoms with Crippen molar-refractivity contribution < 1.29 is 19.5 Å². The molecule has 0 saturated heterocycles. The Kier molecular flexibility index (Phi) is 22.9. The lowest BCUT2D eigenvalue weighted by Gasteiger charge is -2.05. The first-order valence-corrected chi connectivity index (χ1v) is 14.5. The molecule has 0 radical (unpaired) electrons. The van der Waals surface area contributed by atoms with Gasteiger partial charge in [-0.1, -0.05) is 128 Å². The maximum absolute atomic E-state index is 10.7. The van der Waals surface area contributed by atoms with Gasteiger partial charge in [0.15, 0.2) is 0 Å². The highest BCUT2D eigenvalue weighted by Gasteiger charge is 2.10. The fourth-order valence-electron chi connectivity index (χ4n) is 3.97. The van der Waals surface area contributed by atoms with Crippen LogP contribution < -0.4 is 0 Å². The molecule has 0 bridgehead atoms. The van der Waals surface area contributed by atoms with Gasteiger partial charge in [-0.25, -0.2) is 0 Å². The highest BCUT2D eigenvalue weighted by atomic mass is 31.2. The van der Waals surface area contributed by atoms with Gasteiger partial charge in [-0.15, -0.1) is 0 Å². The maximum atomic E-state index is 10.7. The van der Waals surface area contributed by atoms with Crippen LogP contribution in [0.2, 0.25) is 0 Å². The lowest BCUT2D eigenvalue weighted by atomic mass is 10.0. The number of hydrogen-bond acceptors (Lipinski definition) is 2. The molecule has 0 spiro atoms. The minimum absolute atomic E-state index is 0.0553. The SMILES string of the molecule is O=P(O)(O)CCCCCCCCCCCCCCCCCCCCCCCCO. The van der Waals surface area contributed by atoms with Crippen LogP contribution in [-0.4, -0.2) is 27.7 Å². The fourth-order valence-corrected chi connectivity index (χ4v) is 4.60. The Morgan fingerprint density at radius 1 is 0.379 bits per heavy atom. The molecule has 0 aromatic heterocycles. The molecule has 176 valence electrons. The van der Waals surface area contributed by atoms with E-state index in [1.165, 1.54) is 116 Å². The highest BCUT2D eigenvalue weighted by Crippen LogP contribution is 2.35. The molecule has 3 N–H and O–H groups in total. The molecule has 5 heteroatoms. The molecule has 0 aromatic rings. The van der Waals surface area contributed by atoms with Crippen molar-refractivity contribution in [2.45, 2.75) is 141 Å². The number of unbranched alkanes of at least 4 members (excludes halogenated alkanes) is 21. The molecule has 0 rings (SSSR count). The fraction of sp³-hybridized carbons (Fsp3) is 1.00. The van der Waals surface area contributed by atoms with Gasteiger partial charge in [0.2, 0.25) is 0 Å². The van der Waals surface area contributed by atoms with Crippen molar-refractivity contribution in [3.8, 4) is 0 Å². The Hall–Kier alpha value is 0.110. The number of aliphatic hydroxyl groups excluding tert-OH is 1. The van der Waals surface area contributed by atoms with Gasteiger partial charge < -0.3 is 14.9 Å². The standard InChI is InChI=1S/C24H51O4P/c25-23-21-19-17-15-13-11-9-7-5-3-1-2-4-6-8-10-12-14-16-18-20-22-24-29(26,27)28/h25H,1-24H2,(H2,26,27,28). The molecule has 0 heterocycles. The van der Waals surface area contributed by atoms with Gasteiger partial charge in [0.25, 0.3) is 0 Å². The minimum atomic E-state index is -3.77. The third-order valence-electron chi connectivity index (χ3n) is 5.86. The van der Waals surface area contributed by atoms with E-state index < -0.39 is 7.60 Å². The summed E-state index contributed by atoms with van der Waals surface area (Å²) >= 11 is 0. The van der Waals surface area contributed by atoms with Gasteiger partial charge in [0, 0.05) is 12.8 Å². The van der Waals surface area contributed by atoms with Gasteiger partial charge in [-0.2, -0.15) is 0 Å². The van der Waals surface area contributed by atoms with E-state index >= 15 is 0 Å². The summed E-state index contributed by atoms with van der Waals surface area (Å²) in [7, 11) is -3.77. The first-order valence-electron chi connectivity index (χ1n) is 12.7. The van der Waals surface area contributed by atoms with Crippen LogP contribution in [0.3, 0.4) is 0 Å². The third-order valence-corrected chi connectivity index (χ3v) is 6.76. The molecule has 0 unspecified atom stereocenters. The van der Waals surface area contributed by atoms with Gasteiger partial charge in [-0.05, 0) is 12.8 Å². The topological polar surface area (TPSA) is 77.8 Å². The van der Waals surface area contributed by atoms with E-state index in [2.05, 4.69) is 0 Å². The third kappa shape index (κ3) is 28.1. The van der Waals surface area contributed by atoms with Gasteiger partial charge in [-0.3, -0.25) is 4.57 Å². The zero-order chi connectivity index (χ0) is 21.5. The summed E-state index contributed by atoms with van der Waals surface area (Å²) in [5.74, 6) is 0. The summed E-state index contributed by atoms with van der Waals surface area (Å²) in [4.78, 5) is 17.6. The van der Waals surface area contributed by atoms with Crippen LogP contribution in [-0.2, 0) is 4.57 Å². The van der Waals surface area contributed by atoms with Crippen LogP contribution in [0, 0.1) is 0 Å². The zero-order valence-electron chi connectivity index (χ0n) is 19.2. The molecular formula is C24H51O4P. The second-order valence-corrected chi connectivity index (χ2v) is 10.7. The van der Waals surface area contributed by atoms with E-state index in [4.69, 9.17) is 14.9 Å². The summed E-state index contributed by atoms with van der Waals surface area (Å²) in [6.07, 6.45) is 28.2. The van der Waals surface area contributed by atoms with Crippen molar-refractivity contribution in [1.29, 1.82) is 0 Å². The van der Waals surface area contributed by atoms with Crippen molar-refractivity contribution in [2.24, 2.45) is 0 Å². The van der Waals surface area contributed by atoms with Crippen molar-refractivity contribution in [2.75, 3.05) is 12.8 Å². The summed E-state index contributed by atoms with van der Waals surface area (Å²) < 4.78 is 10.7. The van der Waals surface area contributed by atoms with Crippen molar-refractivity contribution in [1.82, 2.24) is 0 Å². The average Bonchev–Trinajstić information content (AvgIpc) is 2.67. The predicted molar refractivity (Wildman–Crippen MR) is 126 cm³/mol. The lowest BCUT2D eigenvalue weighted by Crippen LogP contribution is -1.88. The zero-order valence-corrected chi connectivity index (χ0v) is 20.1. The first kappa shape index (κ1) is 29.1. The van der Waals surface area contributed by atoms with Crippen LogP contribution >= 0.6 is 7.60 Å². The average molecular weight is 435 g/mol. The minimum Gasteiger partial charge on any atom is -0.396 e. The van der Waals surface area contributed by atoms with Crippen molar-refractivity contribution in [3.05, 3.63) is 0 Å². The molecule has 0 aliphatic carbocycles. The van der Waals surface area contributed by atoms with Crippen LogP contribution in [0.5, 0.6) is 0 Å². The second kappa shape index (κ2) is 22.8. The Morgan fingerprint density at radius 2 is 0.586 bits per heavy atom. The van der Waals surface area contributed by atoms with Crippen molar-refractivity contribution >= 4 is 7.60 Å². The van der Waals surface area contributed by atoms with E-state index in [0.717, 1.165) is 19.3 Å². The molecule has 0 fully saturated rings. The Labute approximate surface area is 181 Å². The largest absolute Gasteiger partial charge is 0.396 e. The summed E-state index contributed by atoms with van der Waals surface area (Å²) in [5.41, 5.74) is 0. The van der Waals surface area contributed by atoms with Crippen LogP contribution in [0.4, 0.5) is 0 Å². The Bertz CT molecular complexity index is 357. The summed E-state index contributed by atoms with van der Waals surface area (Å²) in [6.45, 7) is 0.355. The summed E-state index contributed by atoms with van der Waals surface area (Å²) in [5, 5.41) is 8.73. The maximum Gasteiger partial charge on any atom is 0.325 e. The van der Waals surface area contributed by atoms with Crippen LogP contribution in [0.15, 0.2) is 0 Å². The Morgan fingerprint density at radius 3 is 0.793 bits per heavy atom.